The summed E-state index contributed by atoms with van der Waals surface area (Å²) in [5.41, 5.74) is 8.75. The molecule has 1 aromatic carbocycles. The van der Waals surface area contributed by atoms with Gasteiger partial charge in [0.2, 0.25) is 11.1 Å². The van der Waals surface area contributed by atoms with Crippen LogP contribution in [0.15, 0.2) is 34.9 Å². The Kier molecular flexibility index (Phi) is 5.21. The average molecular weight is 348 g/mol. The van der Waals surface area contributed by atoms with Crippen molar-refractivity contribution in [3.05, 3.63) is 52.4 Å². The zero-order valence-electron chi connectivity index (χ0n) is 13.7. The molecular formula is C18H22ClN3O2. The van der Waals surface area contributed by atoms with E-state index in [0.29, 0.717) is 37.8 Å². The van der Waals surface area contributed by atoms with E-state index >= 15 is 0 Å². The number of aryl methyl sites for hydroxylation is 1. The smallest absolute Gasteiger partial charge is 0.229 e. The van der Waals surface area contributed by atoms with Gasteiger partial charge < -0.3 is 15.2 Å². The molecule has 1 aromatic heterocycles. The highest BCUT2D eigenvalue weighted by Gasteiger charge is 2.35. The van der Waals surface area contributed by atoms with Gasteiger partial charge in [0.05, 0.1) is 5.69 Å². The summed E-state index contributed by atoms with van der Waals surface area (Å²) in [7, 11) is 0. The predicted octanol–water partition coefficient (Wildman–Crippen LogP) is 2.77. The number of hydrogen-bond acceptors (Lipinski definition) is 4. The molecule has 128 valence electrons. The molecule has 0 aliphatic carbocycles. The molecule has 0 radical (unpaired) electrons. The first-order chi connectivity index (χ1) is 11.6. The van der Waals surface area contributed by atoms with E-state index in [9.17, 15) is 4.79 Å². The van der Waals surface area contributed by atoms with E-state index in [1.54, 1.807) is 0 Å². The Hall–Kier alpha value is -1.85. The van der Waals surface area contributed by atoms with E-state index < -0.39 is 0 Å². The molecule has 0 unspecified atom stereocenters. The van der Waals surface area contributed by atoms with E-state index in [2.05, 4.69) is 17.3 Å². The highest BCUT2D eigenvalue weighted by molar-refractivity contribution is 6.29. The summed E-state index contributed by atoms with van der Waals surface area (Å²) in [6, 6.07) is 10.3. The van der Waals surface area contributed by atoms with Gasteiger partial charge in [0, 0.05) is 31.0 Å². The first-order valence-corrected chi connectivity index (χ1v) is 8.61. The van der Waals surface area contributed by atoms with Crippen molar-refractivity contribution >= 4 is 17.5 Å². The van der Waals surface area contributed by atoms with E-state index in [1.165, 1.54) is 5.56 Å². The molecule has 6 heteroatoms. The van der Waals surface area contributed by atoms with Crippen molar-refractivity contribution in [1.82, 2.24) is 10.1 Å². The summed E-state index contributed by atoms with van der Waals surface area (Å²) < 4.78 is 4.94. The molecule has 1 aliphatic rings. The number of hydrogen-bond donors (Lipinski definition) is 1. The Bertz CT molecular complexity index is 682. The van der Waals surface area contributed by atoms with Crippen LogP contribution in [-0.2, 0) is 11.2 Å². The van der Waals surface area contributed by atoms with Gasteiger partial charge in [0.1, 0.15) is 0 Å². The summed E-state index contributed by atoms with van der Waals surface area (Å²) >= 11 is 5.97. The highest BCUT2D eigenvalue weighted by atomic mass is 35.5. The third kappa shape index (κ3) is 3.47. The van der Waals surface area contributed by atoms with Crippen LogP contribution in [0.5, 0.6) is 0 Å². The summed E-state index contributed by atoms with van der Waals surface area (Å²) in [5, 5.41) is 4.10. The van der Waals surface area contributed by atoms with Crippen LogP contribution in [0.1, 0.15) is 29.2 Å². The van der Waals surface area contributed by atoms with Crippen LogP contribution >= 0.6 is 11.6 Å². The molecule has 1 saturated heterocycles. The molecule has 0 saturated carbocycles. The second-order valence-corrected chi connectivity index (χ2v) is 6.68. The van der Waals surface area contributed by atoms with Gasteiger partial charge in [-0.25, -0.2) is 0 Å². The number of rotatable bonds is 5. The van der Waals surface area contributed by atoms with Gasteiger partial charge in [-0.2, -0.15) is 0 Å². The standard InChI is InChI=1S/C18H22ClN3O2/c1-12-15(18(19)24-21-12)7-8-17(23)22-10-14(9-20)16(11-22)13-5-3-2-4-6-13/h2-6,14,16H,7-11,20H2,1H3/t14-,16+/m1/s1. The minimum absolute atomic E-state index is 0.128. The molecule has 3 rings (SSSR count). The van der Waals surface area contributed by atoms with Crippen LogP contribution in [0.3, 0.4) is 0 Å². The predicted molar refractivity (Wildman–Crippen MR) is 92.9 cm³/mol. The highest BCUT2D eigenvalue weighted by Crippen LogP contribution is 2.32. The zero-order valence-corrected chi connectivity index (χ0v) is 14.5. The molecule has 5 nitrogen and oxygen atoms in total. The number of aromatic nitrogens is 1. The van der Waals surface area contributed by atoms with Gasteiger partial charge in [0.15, 0.2) is 0 Å². The fourth-order valence-corrected chi connectivity index (χ4v) is 3.69. The minimum atomic E-state index is 0.128. The van der Waals surface area contributed by atoms with Crippen LogP contribution < -0.4 is 5.73 Å². The number of nitrogens with two attached hydrogens (primary N) is 1. The number of nitrogens with zero attached hydrogens (tertiary/aromatic N) is 2. The second kappa shape index (κ2) is 7.36. The van der Waals surface area contributed by atoms with Crippen LogP contribution in [0.25, 0.3) is 0 Å². The summed E-state index contributed by atoms with van der Waals surface area (Å²) in [5.74, 6) is 0.738. The van der Waals surface area contributed by atoms with Gasteiger partial charge in [-0.1, -0.05) is 35.5 Å². The number of amides is 1. The maximum Gasteiger partial charge on any atom is 0.229 e. The Morgan fingerprint density at radius 2 is 2.12 bits per heavy atom. The van der Waals surface area contributed by atoms with Crippen LogP contribution in [0.2, 0.25) is 5.22 Å². The van der Waals surface area contributed by atoms with Gasteiger partial charge in [-0.05, 0) is 43.0 Å². The third-order valence-electron chi connectivity index (χ3n) is 4.85. The number of carbonyl (C=O) groups excluding carboxylic acids is 1. The lowest BCUT2D eigenvalue weighted by atomic mass is 9.89. The third-order valence-corrected chi connectivity index (χ3v) is 5.15. The van der Waals surface area contributed by atoms with Crippen molar-refractivity contribution in [3.8, 4) is 0 Å². The summed E-state index contributed by atoms with van der Waals surface area (Å²) in [6.07, 6.45) is 0.952. The summed E-state index contributed by atoms with van der Waals surface area (Å²) in [6.45, 7) is 3.85. The fraction of sp³-hybridized carbons (Fsp3) is 0.444. The lowest BCUT2D eigenvalue weighted by Crippen LogP contribution is -2.30. The van der Waals surface area contributed by atoms with Crippen molar-refractivity contribution in [3.63, 3.8) is 0 Å². The Morgan fingerprint density at radius 3 is 2.75 bits per heavy atom. The maximum atomic E-state index is 12.6. The Morgan fingerprint density at radius 1 is 1.38 bits per heavy atom. The van der Waals surface area contributed by atoms with E-state index in [4.69, 9.17) is 21.9 Å². The van der Waals surface area contributed by atoms with Crippen LogP contribution in [0, 0.1) is 12.8 Å². The van der Waals surface area contributed by atoms with E-state index in [-0.39, 0.29) is 11.1 Å². The Labute approximate surface area is 146 Å². The monoisotopic (exact) mass is 347 g/mol. The van der Waals surface area contributed by atoms with E-state index in [1.807, 2.05) is 30.0 Å². The normalized spacial score (nSPS) is 20.5. The molecule has 1 amide bonds. The molecule has 2 N–H and O–H groups in total. The molecule has 24 heavy (non-hydrogen) atoms. The van der Waals surface area contributed by atoms with Gasteiger partial charge in [0.25, 0.3) is 0 Å². The molecule has 2 aromatic rings. The zero-order chi connectivity index (χ0) is 17.1. The van der Waals surface area contributed by atoms with Crippen molar-refractivity contribution in [2.75, 3.05) is 19.6 Å². The molecule has 1 aliphatic heterocycles. The maximum absolute atomic E-state index is 12.6. The number of halogens is 1. The molecule has 2 atom stereocenters. The lowest BCUT2D eigenvalue weighted by molar-refractivity contribution is -0.130. The number of carbonyl (C=O) groups is 1. The van der Waals surface area contributed by atoms with Gasteiger partial charge in [-0.15, -0.1) is 0 Å². The van der Waals surface area contributed by atoms with Gasteiger partial charge >= 0.3 is 0 Å². The lowest BCUT2D eigenvalue weighted by Gasteiger charge is -2.16. The largest absolute Gasteiger partial charge is 0.344 e. The van der Waals surface area contributed by atoms with E-state index in [0.717, 1.165) is 17.8 Å². The topological polar surface area (TPSA) is 72.4 Å². The van der Waals surface area contributed by atoms with Crippen molar-refractivity contribution in [2.24, 2.45) is 11.7 Å². The summed E-state index contributed by atoms with van der Waals surface area (Å²) in [4.78, 5) is 14.5. The average Bonchev–Trinajstić information content (AvgIpc) is 3.17. The Balaban J connectivity index is 1.64. The number of likely N-dealkylation sites (tertiary alicyclic amines) is 1. The second-order valence-electron chi connectivity index (χ2n) is 6.33. The molecule has 0 bridgehead atoms. The van der Waals surface area contributed by atoms with Crippen LogP contribution in [0.4, 0.5) is 0 Å². The van der Waals surface area contributed by atoms with Crippen molar-refractivity contribution in [1.29, 1.82) is 0 Å². The quantitative estimate of drug-likeness (QED) is 0.902. The van der Waals surface area contributed by atoms with Crippen molar-refractivity contribution < 1.29 is 9.32 Å². The first kappa shape index (κ1) is 17.0. The molecule has 1 fully saturated rings. The fourth-order valence-electron chi connectivity index (χ4n) is 3.42. The molecular weight excluding hydrogens is 326 g/mol. The number of benzene rings is 1. The minimum Gasteiger partial charge on any atom is -0.344 e. The first-order valence-electron chi connectivity index (χ1n) is 8.23. The van der Waals surface area contributed by atoms with Gasteiger partial charge in [-0.3, -0.25) is 4.79 Å². The molecule has 0 spiro atoms. The van der Waals surface area contributed by atoms with Crippen molar-refractivity contribution in [2.45, 2.75) is 25.7 Å². The SMILES string of the molecule is Cc1noc(Cl)c1CCC(=O)N1C[C@@H](CN)[C@H](c2ccccc2)C1. The van der Waals surface area contributed by atoms with Crippen LogP contribution in [-0.4, -0.2) is 35.6 Å². The molecule has 2 heterocycles.